The van der Waals surface area contributed by atoms with Gasteiger partial charge in [-0.3, -0.25) is 10.2 Å². The first-order chi connectivity index (χ1) is 12.6. The summed E-state index contributed by atoms with van der Waals surface area (Å²) in [5.41, 5.74) is 1.01. The molecule has 0 unspecified atom stereocenters. The Labute approximate surface area is 150 Å². The van der Waals surface area contributed by atoms with Gasteiger partial charge in [-0.1, -0.05) is 12.1 Å². The second kappa shape index (κ2) is 7.74. The van der Waals surface area contributed by atoms with Crippen molar-refractivity contribution in [3.63, 3.8) is 0 Å². The molecule has 0 atom stereocenters. The first-order valence-corrected chi connectivity index (χ1v) is 8.40. The molecule has 1 heterocycles. The Morgan fingerprint density at radius 1 is 1.08 bits per heavy atom. The first kappa shape index (κ1) is 17.5. The molecular weight excluding hydrogens is 332 g/mol. The number of hydrogen-bond acceptors (Lipinski definition) is 5. The lowest BCUT2D eigenvalue weighted by Gasteiger charge is -2.09. The van der Waals surface area contributed by atoms with Crippen LogP contribution in [0.3, 0.4) is 0 Å². The highest BCUT2D eigenvalue weighted by Gasteiger charge is 2.14. The summed E-state index contributed by atoms with van der Waals surface area (Å²) >= 11 is 0. The van der Waals surface area contributed by atoms with Gasteiger partial charge in [0.1, 0.15) is 11.3 Å². The molecular formula is C20H20N2O4. The SMILES string of the molecule is CCOc1ccc(NC(=O)c2cc3cccc(OCC)c3oc2=N)cc1. The van der Waals surface area contributed by atoms with Crippen molar-refractivity contribution in [1.29, 1.82) is 5.41 Å². The molecule has 0 radical (unpaired) electrons. The Bertz CT molecular complexity index is 977. The number of ether oxygens (including phenoxy) is 2. The van der Waals surface area contributed by atoms with E-state index in [1.165, 1.54) is 0 Å². The number of amides is 1. The summed E-state index contributed by atoms with van der Waals surface area (Å²) in [7, 11) is 0. The van der Waals surface area contributed by atoms with Gasteiger partial charge in [-0.05, 0) is 50.2 Å². The van der Waals surface area contributed by atoms with Gasteiger partial charge in [-0.15, -0.1) is 0 Å². The fraction of sp³-hybridized carbons (Fsp3) is 0.200. The van der Waals surface area contributed by atoms with Gasteiger partial charge in [0.2, 0.25) is 5.55 Å². The normalized spacial score (nSPS) is 10.5. The van der Waals surface area contributed by atoms with Gasteiger partial charge in [0, 0.05) is 11.1 Å². The van der Waals surface area contributed by atoms with Gasteiger partial charge >= 0.3 is 0 Å². The third-order valence-electron chi connectivity index (χ3n) is 3.73. The van der Waals surface area contributed by atoms with Gasteiger partial charge in [0.15, 0.2) is 11.3 Å². The second-order valence-electron chi connectivity index (χ2n) is 5.51. The van der Waals surface area contributed by atoms with E-state index in [2.05, 4.69) is 5.32 Å². The van der Waals surface area contributed by atoms with Crippen LogP contribution < -0.4 is 20.3 Å². The lowest BCUT2D eigenvalue weighted by molar-refractivity contribution is 0.102. The summed E-state index contributed by atoms with van der Waals surface area (Å²) in [6.45, 7) is 4.85. The van der Waals surface area contributed by atoms with Crippen molar-refractivity contribution in [2.45, 2.75) is 13.8 Å². The van der Waals surface area contributed by atoms with Crippen LogP contribution in [0.5, 0.6) is 11.5 Å². The van der Waals surface area contributed by atoms with Crippen LogP contribution in [0.1, 0.15) is 24.2 Å². The van der Waals surface area contributed by atoms with Crippen LogP contribution in [0.15, 0.2) is 52.9 Å². The van der Waals surface area contributed by atoms with Crippen molar-refractivity contribution < 1.29 is 18.7 Å². The average Bonchev–Trinajstić information content (AvgIpc) is 2.64. The van der Waals surface area contributed by atoms with E-state index in [0.717, 1.165) is 5.75 Å². The van der Waals surface area contributed by atoms with Gasteiger partial charge in [-0.25, -0.2) is 0 Å². The lowest BCUT2D eigenvalue weighted by Crippen LogP contribution is -2.20. The van der Waals surface area contributed by atoms with Crippen LogP contribution in [-0.4, -0.2) is 19.1 Å². The lowest BCUT2D eigenvalue weighted by atomic mass is 10.1. The van der Waals surface area contributed by atoms with E-state index in [1.54, 1.807) is 36.4 Å². The molecule has 2 aromatic carbocycles. The number of para-hydroxylation sites is 1. The minimum absolute atomic E-state index is 0.153. The number of fused-ring (bicyclic) bond motifs is 1. The maximum absolute atomic E-state index is 12.5. The van der Waals surface area contributed by atoms with Crippen molar-refractivity contribution in [3.05, 3.63) is 59.6 Å². The number of carbonyl (C=O) groups excluding carboxylic acids is 1. The zero-order valence-corrected chi connectivity index (χ0v) is 14.7. The molecule has 0 aliphatic rings. The maximum atomic E-state index is 12.5. The summed E-state index contributed by atoms with van der Waals surface area (Å²) in [4.78, 5) is 12.5. The Hall–Kier alpha value is -3.28. The molecule has 134 valence electrons. The summed E-state index contributed by atoms with van der Waals surface area (Å²) in [5.74, 6) is 0.874. The van der Waals surface area contributed by atoms with E-state index in [-0.39, 0.29) is 11.1 Å². The third-order valence-corrected chi connectivity index (χ3v) is 3.73. The zero-order chi connectivity index (χ0) is 18.5. The Morgan fingerprint density at radius 2 is 1.81 bits per heavy atom. The monoisotopic (exact) mass is 352 g/mol. The molecule has 6 heteroatoms. The molecule has 1 aromatic heterocycles. The predicted molar refractivity (Wildman–Crippen MR) is 98.8 cm³/mol. The summed E-state index contributed by atoms with van der Waals surface area (Å²) < 4.78 is 16.4. The van der Waals surface area contributed by atoms with Crippen LogP contribution >= 0.6 is 0 Å². The van der Waals surface area contributed by atoms with Gasteiger partial charge < -0.3 is 19.2 Å². The van der Waals surface area contributed by atoms with Crippen molar-refractivity contribution in [3.8, 4) is 11.5 Å². The molecule has 0 saturated carbocycles. The highest BCUT2D eigenvalue weighted by atomic mass is 16.5. The molecule has 26 heavy (non-hydrogen) atoms. The summed E-state index contributed by atoms with van der Waals surface area (Å²) in [5, 5.41) is 11.5. The zero-order valence-electron chi connectivity index (χ0n) is 14.7. The van der Waals surface area contributed by atoms with Crippen molar-refractivity contribution in [2.24, 2.45) is 0 Å². The molecule has 3 rings (SSSR count). The minimum Gasteiger partial charge on any atom is -0.494 e. The van der Waals surface area contributed by atoms with Gasteiger partial charge in [0.25, 0.3) is 5.91 Å². The Morgan fingerprint density at radius 3 is 2.50 bits per heavy atom. The number of nitrogens with one attached hydrogen (secondary N) is 2. The van der Waals surface area contributed by atoms with E-state index in [0.29, 0.717) is 35.6 Å². The van der Waals surface area contributed by atoms with Crippen molar-refractivity contribution >= 4 is 22.6 Å². The Balaban J connectivity index is 1.88. The fourth-order valence-electron chi connectivity index (χ4n) is 2.57. The van der Waals surface area contributed by atoms with Gasteiger partial charge in [-0.2, -0.15) is 0 Å². The number of carbonyl (C=O) groups is 1. The largest absolute Gasteiger partial charge is 0.494 e. The quantitative estimate of drug-likeness (QED) is 0.703. The van der Waals surface area contributed by atoms with E-state index < -0.39 is 5.91 Å². The molecule has 0 saturated heterocycles. The smallest absolute Gasteiger partial charge is 0.261 e. The number of rotatable bonds is 6. The molecule has 1 amide bonds. The standard InChI is InChI=1S/C20H20N2O4/c1-3-24-15-10-8-14(9-11-15)22-20(23)16-12-13-6-5-7-17(25-4-2)18(13)26-19(16)21/h5-12,21H,3-4H2,1-2H3,(H,22,23). The van der Waals surface area contributed by atoms with Crippen LogP contribution in [0, 0.1) is 5.41 Å². The molecule has 6 nitrogen and oxygen atoms in total. The number of hydrogen-bond donors (Lipinski definition) is 2. The molecule has 0 aliphatic heterocycles. The predicted octanol–water partition coefficient (Wildman–Crippen LogP) is 3.96. The number of anilines is 1. The minimum atomic E-state index is -0.411. The maximum Gasteiger partial charge on any atom is 0.261 e. The fourth-order valence-corrected chi connectivity index (χ4v) is 2.57. The Kier molecular flexibility index (Phi) is 5.22. The first-order valence-electron chi connectivity index (χ1n) is 8.40. The number of benzene rings is 2. The molecule has 0 bridgehead atoms. The van der Waals surface area contributed by atoms with E-state index in [9.17, 15) is 4.79 Å². The summed E-state index contributed by atoms with van der Waals surface area (Å²) in [6.07, 6.45) is 0. The molecule has 0 aliphatic carbocycles. The second-order valence-corrected chi connectivity index (χ2v) is 5.51. The summed E-state index contributed by atoms with van der Waals surface area (Å²) in [6, 6.07) is 14.1. The third kappa shape index (κ3) is 3.69. The molecule has 3 aromatic rings. The van der Waals surface area contributed by atoms with E-state index in [1.807, 2.05) is 26.0 Å². The van der Waals surface area contributed by atoms with Crippen LogP contribution in [0.4, 0.5) is 5.69 Å². The molecule has 0 fully saturated rings. The van der Waals surface area contributed by atoms with Crippen molar-refractivity contribution in [2.75, 3.05) is 18.5 Å². The molecule has 0 spiro atoms. The highest BCUT2D eigenvalue weighted by Crippen LogP contribution is 2.25. The molecule has 2 N–H and O–H groups in total. The topological polar surface area (TPSA) is 84.6 Å². The van der Waals surface area contributed by atoms with Crippen molar-refractivity contribution in [1.82, 2.24) is 0 Å². The van der Waals surface area contributed by atoms with Crippen LogP contribution in [-0.2, 0) is 0 Å². The van der Waals surface area contributed by atoms with E-state index in [4.69, 9.17) is 19.3 Å². The van der Waals surface area contributed by atoms with Gasteiger partial charge in [0.05, 0.1) is 13.2 Å². The van der Waals surface area contributed by atoms with E-state index >= 15 is 0 Å². The van der Waals surface area contributed by atoms with Crippen LogP contribution in [0.2, 0.25) is 0 Å². The highest BCUT2D eigenvalue weighted by molar-refractivity contribution is 6.05. The van der Waals surface area contributed by atoms with Crippen LogP contribution in [0.25, 0.3) is 11.0 Å². The average molecular weight is 352 g/mol.